The van der Waals surface area contributed by atoms with Crippen LogP contribution in [0.15, 0.2) is 60.7 Å². The van der Waals surface area contributed by atoms with Crippen LogP contribution in [-0.4, -0.2) is 41.9 Å². The number of carbonyl (C=O) groups excluding carboxylic acids is 1. The maximum absolute atomic E-state index is 14.8. The lowest BCUT2D eigenvalue weighted by Gasteiger charge is -2.43. The first kappa shape index (κ1) is 23.0. The minimum atomic E-state index is -1.57. The van der Waals surface area contributed by atoms with Gasteiger partial charge in [0.05, 0.1) is 12.7 Å². The third kappa shape index (κ3) is 3.48. The third-order valence-electron chi connectivity index (χ3n) is 8.08. The van der Waals surface area contributed by atoms with E-state index in [1.807, 2.05) is 24.3 Å². The van der Waals surface area contributed by atoms with Crippen molar-refractivity contribution >= 4 is 6.09 Å². The van der Waals surface area contributed by atoms with E-state index in [1.54, 1.807) is 4.90 Å². The summed E-state index contributed by atoms with van der Waals surface area (Å²) in [7, 11) is 1.26. The van der Waals surface area contributed by atoms with Crippen molar-refractivity contribution in [2.75, 3.05) is 13.7 Å². The maximum Gasteiger partial charge on any atom is 0.410 e. The Hall–Kier alpha value is -3.45. The Balaban J connectivity index is 1.19. The van der Waals surface area contributed by atoms with Gasteiger partial charge in [-0.05, 0) is 47.2 Å². The van der Waals surface area contributed by atoms with Gasteiger partial charge in [0, 0.05) is 36.4 Å². The Labute approximate surface area is 208 Å². The summed E-state index contributed by atoms with van der Waals surface area (Å²) in [6, 6.07) is 18.4. The van der Waals surface area contributed by atoms with E-state index in [-0.39, 0.29) is 48.8 Å². The molecule has 7 heteroatoms. The molecule has 2 unspecified atom stereocenters. The van der Waals surface area contributed by atoms with Gasteiger partial charge in [-0.25, -0.2) is 9.18 Å². The van der Waals surface area contributed by atoms with Gasteiger partial charge in [0.2, 0.25) is 5.82 Å². The van der Waals surface area contributed by atoms with E-state index in [9.17, 15) is 18.7 Å². The fourth-order valence-corrected chi connectivity index (χ4v) is 6.46. The summed E-state index contributed by atoms with van der Waals surface area (Å²) in [5.41, 5.74) is 2.93. The molecule has 2 saturated heterocycles. The van der Waals surface area contributed by atoms with E-state index in [4.69, 9.17) is 9.47 Å². The standard InChI is InChI=1S/C29H27F2NO4/c1-35-25-13-12-24(26(30)27(25)31)29(34)14-17-10-11-18(15-29)32(17)28(33)36-16-23-21-8-4-2-6-19(21)20-7-3-5-9-22(20)23/h2-9,12-13,17-18,23,34H,10-11,14-16H2,1H3. The second-order valence-electron chi connectivity index (χ2n) is 9.98. The Morgan fingerprint density at radius 3 is 2.11 bits per heavy atom. The molecule has 2 heterocycles. The molecule has 3 aliphatic rings. The number of hydrogen-bond donors (Lipinski definition) is 1. The molecule has 1 aliphatic carbocycles. The summed E-state index contributed by atoms with van der Waals surface area (Å²) in [5.74, 6) is -2.48. The van der Waals surface area contributed by atoms with Crippen molar-refractivity contribution in [2.45, 2.75) is 49.3 Å². The van der Waals surface area contributed by atoms with E-state index >= 15 is 0 Å². The quantitative estimate of drug-likeness (QED) is 0.506. The molecular formula is C29H27F2NO4. The van der Waals surface area contributed by atoms with E-state index in [1.165, 1.54) is 19.2 Å². The van der Waals surface area contributed by atoms with Gasteiger partial charge >= 0.3 is 6.09 Å². The van der Waals surface area contributed by atoms with Crippen molar-refractivity contribution in [3.8, 4) is 16.9 Å². The summed E-state index contributed by atoms with van der Waals surface area (Å²) in [6.45, 7) is 0.214. The number of amides is 1. The number of hydrogen-bond acceptors (Lipinski definition) is 4. The molecule has 5 nitrogen and oxygen atoms in total. The van der Waals surface area contributed by atoms with Crippen molar-refractivity contribution in [3.63, 3.8) is 0 Å². The molecule has 1 N–H and O–H groups in total. The highest BCUT2D eigenvalue weighted by molar-refractivity contribution is 5.79. The molecule has 186 valence electrons. The first-order valence-electron chi connectivity index (χ1n) is 12.3. The molecule has 2 bridgehead atoms. The molecule has 3 aromatic rings. The van der Waals surface area contributed by atoms with Crippen LogP contribution < -0.4 is 4.74 Å². The van der Waals surface area contributed by atoms with Crippen LogP contribution in [0.3, 0.4) is 0 Å². The molecule has 2 fully saturated rings. The van der Waals surface area contributed by atoms with Crippen LogP contribution >= 0.6 is 0 Å². The second kappa shape index (κ2) is 8.59. The Bertz CT molecular complexity index is 1280. The molecule has 0 spiro atoms. The summed E-state index contributed by atoms with van der Waals surface area (Å²) in [5, 5.41) is 11.4. The van der Waals surface area contributed by atoms with Gasteiger partial charge in [-0.15, -0.1) is 0 Å². The zero-order valence-corrected chi connectivity index (χ0v) is 19.9. The van der Waals surface area contributed by atoms with Gasteiger partial charge in [0.15, 0.2) is 11.6 Å². The minimum Gasteiger partial charge on any atom is -0.494 e. The van der Waals surface area contributed by atoms with Gasteiger partial charge < -0.3 is 19.5 Å². The Morgan fingerprint density at radius 1 is 0.944 bits per heavy atom. The van der Waals surface area contributed by atoms with Crippen LogP contribution in [-0.2, 0) is 10.3 Å². The summed E-state index contributed by atoms with van der Waals surface area (Å²) >= 11 is 0. The fourth-order valence-electron chi connectivity index (χ4n) is 6.46. The summed E-state index contributed by atoms with van der Waals surface area (Å²) < 4.78 is 39.9. The number of rotatable bonds is 4. The average Bonchev–Trinajstić information content (AvgIpc) is 3.36. The van der Waals surface area contributed by atoms with Gasteiger partial charge in [0.1, 0.15) is 6.61 Å². The van der Waals surface area contributed by atoms with Gasteiger partial charge in [-0.1, -0.05) is 48.5 Å². The molecule has 2 aliphatic heterocycles. The lowest BCUT2D eigenvalue weighted by molar-refractivity contribution is -0.0555. The van der Waals surface area contributed by atoms with E-state index < -0.39 is 23.3 Å². The van der Waals surface area contributed by atoms with Gasteiger partial charge in [-0.3, -0.25) is 0 Å². The molecule has 0 saturated carbocycles. The van der Waals surface area contributed by atoms with Gasteiger partial charge in [-0.2, -0.15) is 4.39 Å². The first-order valence-corrected chi connectivity index (χ1v) is 12.3. The number of ether oxygens (including phenoxy) is 2. The highest BCUT2D eigenvalue weighted by Gasteiger charge is 2.52. The normalized spacial score (nSPS) is 24.4. The number of halogens is 2. The summed E-state index contributed by atoms with van der Waals surface area (Å²) in [6.07, 6.45) is 1.18. The molecule has 2 atom stereocenters. The number of carbonyl (C=O) groups is 1. The lowest BCUT2D eigenvalue weighted by Crippen LogP contribution is -2.52. The number of benzene rings is 3. The first-order chi connectivity index (χ1) is 17.4. The van der Waals surface area contributed by atoms with Gasteiger partial charge in [0.25, 0.3) is 0 Å². The highest BCUT2D eigenvalue weighted by atomic mass is 19.2. The van der Waals surface area contributed by atoms with Crippen molar-refractivity contribution < 1.29 is 28.2 Å². The zero-order valence-electron chi connectivity index (χ0n) is 19.9. The monoisotopic (exact) mass is 491 g/mol. The minimum absolute atomic E-state index is 0.0444. The number of aliphatic hydroxyl groups is 1. The smallest absolute Gasteiger partial charge is 0.410 e. The Morgan fingerprint density at radius 2 is 1.53 bits per heavy atom. The van der Waals surface area contributed by atoms with E-state index in [0.717, 1.165) is 22.3 Å². The third-order valence-corrected chi connectivity index (χ3v) is 8.08. The van der Waals surface area contributed by atoms with Crippen LogP contribution in [0.5, 0.6) is 5.75 Å². The molecule has 0 radical (unpaired) electrons. The SMILES string of the molecule is COc1ccc(C2(O)CC3CCC(C2)N3C(=O)OCC2c3ccccc3-c3ccccc32)c(F)c1F. The number of piperidine rings is 1. The van der Waals surface area contributed by atoms with Crippen LogP contribution in [0, 0.1) is 11.6 Å². The van der Waals surface area contributed by atoms with Crippen LogP contribution in [0.2, 0.25) is 0 Å². The van der Waals surface area contributed by atoms with Crippen LogP contribution in [0.4, 0.5) is 13.6 Å². The van der Waals surface area contributed by atoms with Crippen molar-refractivity contribution in [1.29, 1.82) is 0 Å². The number of nitrogens with zero attached hydrogens (tertiary/aromatic N) is 1. The summed E-state index contributed by atoms with van der Waals surface area (Å²) in [4.78, 5) is 15.0. The topological polar surface area (TPSA) is 59.0 Å². The van der Waals surface area contributed by atoms with Crippen molar-refractivity contribution in [1.82, 2.24) is 4.90 Å². The molecule has 3 aromatic carbocycles. The molecule has 6 rings (SSSR count). The molecular weight excluding hydrogens is 464 g/mol. The van der Waals surface area contributed by atoms with Crippen molar-refractivity contribution in [3.05, 3.63) is 89.0 Å². The molecule has 36 heavy (non-hydrogen) atoms. The largest absolute Gasteiger partial charge is 0.494 e. The van der Waals surface area contributed by atoms with Crippen LogP contribution in [0.25, 0.3) is 11.1 Å². The molecule has 0 aromatic heterocycles. The highest BCUT2D eigenvalue weighted by Crippen LogP contribution is 2.48. The number of methoxy groups -OCH3 is 1. The fraction of sp³-hybridized carbons (Fsp3) is 0.345. The predicted molar refractivity (Wildman–Crippen MR) is 130 cm³/mol. The Kier molecular flexibility index (Phi) is 5.48. The predicted octanol–water partition coefficient (Wildman–Crippen LogP) is 5.74. The average molecular weight is 492 g/mol. The van der Waals surface area contributed by atoms with Crippen molar-refractivity contribution in [2.24, 2.45) is 0 Å². The van der Waals surface area contributed by atoms with E-state index in [2.05, 4.69) is 24.3 Å². The maximum atomic E-state index is 14.8. The zero-order chi connectivity index (χ0) is 25.0. The number of fused-ring (bicyclic) bond motifs is 5. The van der Waals surface area contributed by atoms with Crippen LogP contribution in [0.1, 0.15) is 48.3 Å². The second-order valence-corrected chi connectivity index (χ2v) is 9.98. The molecule has 1 amide bonds. The van der Waals surface area contributed by atoms with E-state index in [0.29, 0.717) is 12.8 Å². The lowest BCUT2D eigenvalue weighted by atomic mass is 9.80.